The molecule has 0 spiro atoms. The number of benzene rings is 1. The van der Waals surface area contributed by atoms with Gasteiger partial charge in [-0.05, 0) is 31.2 Å². The van der Waals surface area contributed by atoms with Gasteiger partial charge in [0.2, 0.25) is 5.89 Å². The highest BCUT2D eigenvalue weighted by atomic mass is 16.5. The predicted octanol–water partition coefficient (Wildman–Crippen LogP) is 2.95. The van der Waals surface area contributed by atoms with Gasteiger partial charge in [0.25, 0.3) is 0 Å². The monoisotopic (exact) mass is 257 g/mol. The Kier molecular flexibility index (Phi) is 3.11. The summed E-state index contributed by atoms with van der Waals surface area (Å²) < 4.78 is 5.45. The fourth-order valence-corrected chi connectivity index (χ4v) is 2.60. The van der Waals surface area contributed by atoms with Gasteiger partial charge in [-0.2, -0.15) is 4.98 Å². The van der Waals surface area contributed by atoms with Crippen LogP contribution in [0.15, 0.2) is 34.9 Å². The largest absolute Gasteiger partial charge is 0.339 e. The van der Waals surface area contributed by atoms with Gasteiger partial charge in [0.1, 0.15) is 0 Å². The molecule has 1 atom stereocenters. The first-order chi connectivity index (χ1) is 9.23. The summed E-state index contributed by atoms with van der Waals surface area (Å²) in [6.45, 7) is 2.13. The van der Waals surface area contributed by atoms with Crippen LogP contribution < -0.4 is 5.73 Å². The van der Waals surface area contributed by atoms with Crippen LogP contribution in [0.3, 0.4) is 0 Å². The van der Waals surface area contributed by atoms with Crippen LogP contribution in [0.25, 0.3) is 0 Å². The van der Waals surface area contributed by atoms with Crippen LogP contribution in [0, 0.1) is 0 Å². The Hall–Kier alpha value is -1.68. The number of hydrogen-bond acceptors (Lipinski definition) is 4. The zero-order valence-electron chi connectivity index (χ0n) is 11.2. The lowest BCUT2D eigenvalue weighted by molar-refractivity contribution is 0.228. The first-order valence-corrected chi connectivity index (χ1v) is 6.91. The maximum absolute atomic E-state index is 6.23. The molecule has 4 heteroatoms. The fourth-order valence-electron chi connectivity index (χ4n) is 2.60. The van der Waals surface area contributed by atoms with Crippen molar-refractivity contribution < 1.29 is 4.52 Å². The predicted molar refractivity (Wildman–Crippen MR) is 72.6 cm³/mol. The normalized spacial score (nSPS) is 18.8. The van der Waals surface area contributed by atoms with Gasteiger partial charge >= 0.3 is 0 Å². The summed E-state index contributed by atoms with van der Waals surface area (Å²) >= 11 is 0. The standard InChI is InChI=1S/C15H19N3O/c1-2-12(11-7-4-3-5-8-11)13-17-14(18-19-13)15(16)9-6-10-15/h3-5,7-8,12H,2,6,9-10,16H2,1H3. The molecule has 0 bridgehead atoms. The Labute approximate surface area is 113 Å². The molecular formula is C15H19N3O. The van der Waals surface area contributed by atoms with Crippen LogP contribution in [-0.2, 0) is 5.54 Å². The smallest absolute Gasteiger partial charge is 0.234 e. The van der Waals surface area contributed by atoms with Gasteiger partial charge in [-0.25, -0.2) is 0 Å². The summed E-state index contributed by atoms with van der Waals surface area (Å²) in [7, 11) is 0. The topological polar surface area (TPSA) is 64.9 Å². The lowest BCUT2D eigenvalue weighted by Crippen LogP contribution is -2.44. The van der Waals surface area contributed by atoms with E-state index in [4.69, 9.17) is 10.3 Å². The van der Waals surface area contributed by atoms with Crippen LogP contribution in [0.4, 0.5) is 0 Å². The Morgan fingerprint density at radius 2 is 2.05 bits per heavy atom. The van der Waals surface area contributed by atoms with E-state index in [0.717, 1.165) is 25.7 Å². The highest BCUT2D eigenvalue weighted by molar-refractivity contribution is 5.24. The van der Waals surface area contributed by atoms with Crippen molar-refractivity contribution in [1.29, 1.82) is 0 Å². The number of aromatic nitrogens is 2. The molecule has 1 aromatic carbocycles. The summed E-state index contributed by atoms with van der Waals surface area (Å²) in [5.74, 6) is 1.51. The van der Waals surface area contributed by atoms with Gasteiger partial charge < -0.3 is 10.3 Å². The van der Waals surface area contributed by atoms with Gasteiger partial charge in [0, 0.05) is 0 Å². The van der Waals surface area contributed by atoms with Gasteiger partial charge in [-0.15, -0.1) is 0 Å². The molecule has 1 unspecified atom stereocenters. The molecular weight excluding hydrogens is 238 g/mol. The van der Waals surface area contributed by atoms with Crippen molar-refractivity contribution in [3.05, 3.63) is 47.6 Å². The Morgan fingerprint density at radius 3 is 2.63 bits per heavy atom. The molecule has 0 saturated heterocycles. The third-order valence-corrected chi connectivity index (χ3v) is 4.04. The maximum Gasteiger partial charge on any atom is 0.234 e. The van der Waals surface area contributed by atoms with Gasteiger partial charge in [-0.3, -0.25) is 0 Å². The minimum absolute atomic E-state index is 0.158. The van der Waals surface area contributed by atoms with E-state index in [-0.39, 0.29) is 11.5 Å². The van der Waals surface area contributed by atoms with Crippen molar-refractivity contribution in [2.24, 2.45) is 5.73 Å². The lowest BCUT2D eigenvalue weighted by Gasteiger charge is -2.34. The average Bonchev–Trinajstić information content (AvgIpc) is 2.88. The van der Waals surface area contributed by atoms with E-state index in [9.17, 15) is 0 Å². The Morgan fingerprint density at radius 1 is 1.32 bits per heavy atom. The molecule has 1 heterocycles. The van der Waals surface area contributed by atoms with Crippen molar-refractivity contribution in [2.45, 2.75) is 44.1 Å². The van der Waals surface area contributed by atoms with Gasteiger partial charge in [0.15, 0.2) is 5.82 Å². The van der Waals surface area contributed by atoms with Crippen LogP contribution >= 0.6 is 0 Å². The van der Waals surface area contributed by atoms with E-state index in [1.807, 2.05) is 18.2 Å². The molecule has 0 amide bonds. The van der Waals surface area contributed by atoms with E-state index in [1.54, 1.807) is 0 Å². The quantitative estimate of drug-likeness (QED) is 0.914. The molecule has 19 heavy (non-hydrogen) atoms. The molecule has 0 radical (unpaired) electrons. The third-order valence-electron chi connectivity index (χ3n) is 4.04. The van der Waals surface area contributed by atoms with Crippen molar-refractivity contribution in [3.8, 4) is 0 Å². The molecule has 1 aromatic heterocycles. The first kappa shape index (κ1) is 12.4. The first-order valence-electron chi connectivity index (χ1n) is 6.91. The van der Waals surface area contributed by atoms with Gasteiger partial charge in [0.05, 0.1) is 11.5 Å². The molecule has 0 aliphatic heterocycles. The molecule has 2 N–H and O–H groups in total. The summed E-state index contributed by atoms with van der Waals surface area (Å²) in [5, 5.41) is 4.09. The second-order valence-corrected chi connectivity index (χ2v) is 5.34. The van der Waals surface area contributed by atoms with E-state index in [0.29, 0.717) is 11.7 Å². The van der Waals surface area contributed by atoms with Crippen molar-refractivity contribution in [1.82, 2.24) is 10.1 Å². The molecule has 4 nitrogen and oxygen atoms in total. The zero-order chi connectivity index (χ0) is 13.3. The summed E-state index contributed by atoms with van der Waals surface area (Å²) in [6, 6.07) is 10.3. The zero-order valence-corrected chi connectivity index (χ0v) is 11.2. The van der Waals surface area contributed by atoms with Crippen LogP contribution in [-0.4, -0.2) is 10.1 Å². The molecule has 3 rings (SSSR count). The van der Waals surface area contributed by atoms with Crippen LogP contribution in [0.5, 0.6) is 0 Å². The minimum atomic E-state index is -0.350. The van der Waals surface area contributed by atoms with E-state index < -0.39 is 0 Å². The highest BCUT2D eigenvalue weighted by Crippen LogP contribution is 2.38. The third kappa shape index (κ3) is 2.16. The van der Waals surface area contributed by atoms with Crippen molar-refractivity contribution in [2.75, 3.05) is 0 Å². The van der Waals surface area contributed by atoms with Crippen LogP contribution in [0.1, 0.15) is 55.8 Å². The number of hydrogen-bond donors (Lipinski definition) is 1. The fraction of sp³-hybridized carbons (Fsp3) is 0.467. The van der Waals surface area contributed by atoms with E-state index >= 15 is 0 Å². The van der Waals surface area contributed by atoms with Crippen molar-refractivity contribution in [3.63, 3.8) is 0 Å². The SMILES string of the molecule is CCC(c1ccccc1)c1nc(C2(N)CCC2)no1. The Balaban J connectivity index is 1.88. The molecule has 100 valence electrons. The number of nitrogens with two attached hydrogens (primary N) is 1. The molecule has 1 saturated carbocycles. The lowest BCUT2D eigenvalue weighted by atomic mass is 9.77. The average molecular weight is 257 g/mol. The molecule has 2 aromatic rings. The summed E-state index contributed by atoms with van der Waals surface area (Å²) in [5.41, 5.74) is 7.09. The number of rotatable bonds is 4. The van der Waals surface area contributed by atoms with E-state index in [1.165, 1.54) is 5.56 Å². The Bertz CT molecular complexity index is 546. The van der Waals surface area contributed by atoms with Crippen molar-refractivity contribution >= 4 is 0 Å². The molecule has 1 aliphatic carbocycles. The maximum atomic E-state index is 6.23. The summed E-state index contributed by atoms with van der Waals surface area (Å²) in [4.78, 5) is 4.55. The molecule has 1 aliphatic rings. The van der Waals surface area contributed by atoms with Gasteiger partial charge in [-0.1, -0.05) is 42.4 Å². The number of nitrogens with zero attached hydrogens (tertiary/aromatic N) is 2. The minimum Gasteiger partial charge on any atom is -0.339 e. The molecule has 1 fully saturated rings. The highest BCUT2D eigenvalue weighted by Gasteiger charge is 2.39. The second-order valence-electron chi connectivity index (χ2n) is 5.34. The second kappa shape index (κ2) is 4.78. The van der Waals surface area contributed by atoms with E-state index in [2.05, 4.69) is 29.2 Å². The summed E-state index contributed by atoms with van der Waals surface area (Å²) in [6.07, 6.45) is 3.99. The van der Waals surface area contributed by atoms with Crippen LogP contribution in [0.2, 0.25) is 0 Å².